The molecule has 1 aromatic rings. The van der Waals surface area contributed by atoms with Crippen LogP contribution >= 0.6 is 15.9 Å². The van der Waals surface area contributed by atoms with E-state index in [9.17, 15) is 13.9 Å². The first-order valence-corrected chi connectivity index (χ1v) is 5.58. The molecule has 0 saturated carbocycles. The molecule has 0 atom stereocenters. The molecule has 0 fully saturated rings. The fourth-order valence-electron chi connectivity index (χ4n) is 1.19. The molecule has 0 unspecified atom stereocenters. The number of aromatic hydroxyl groups is 1. The van der Waals surface area contributed by atoms with E-state index < -0.39 is 6.61 Å². The summed E-state index contributed by atoms with van der Waals surface area (Å²) in [7, 11) is 0. The third-order valence-electron chi connectivity index (χ3n) is 1.86. The summed E-state index contributed by atoms with van der Waals surface area (Å²) < 4.78 is 27.8. The maximum atomic E-state index is 11.8. The highest BCUT2D eigenvalue weighted by atomic mass is 79.9. The summed E-state index contributed by atoms with van der Waals surface area (Å²) in [4.78, 5) is 0. The van der Waals surface area contributed by atoms with Gasteiger partial charge in [0.15, 0.2) is 0 Å². The molecular weight excluding hydrogens is 270 g/mol. The minimum Gasteiger partial charge on any atom is -0.508 e. The highest BCUT2D eigenvalue weighted by molar-refractivity contribution is 9.09. The molecule has 0 aliphatic rings. The lowest BCUT2D eigenvalue weighted by Gasteiger charge is -2.07. The van der Waals surface area contributed by atoms with Crippen molar-refractivity contribution < 1.29 is 18.6 Å². The molecule has 1 aromatic carbocycles. The Bertz CT molecular complexity index is 318. The van der Waals surface area contributed by atoms with Gasteiger partial charge in [0, 0.05) is 11.4 Å². The number of halogens is 3. The molecule has 0 heterocycles. The van der Waals surface area contributed by atoms with E-state index in [2.05, 4.69) is 20.7 Å². The van der Waals surface area contributed by atoms with E-state index in [4.69, 9.17) is 0 Å². The van der Waals surface area contributed by atoms with Crippen LogP contribution in [0.2, 0.25) is 0 Å². The number of phenols is 1. The predicted octanol–water partition coefficient (Wildman–Crippen LogP) is 3.32. The van der Waals surface area contributed by atoms with Gasteiger partial charge in [-0.15, -0.1) is 0 Å². The average molecular weight is 281 g/mol. The zero-order chi connectivity index (χ0) is 11.3. The molecule has 1 N–H and O–H groups in total. The van der Waals surface area contributed by atoms with Gasteiger partial charge in [0.05, 0.1) is 0 Å². The van der Waals surface area contributed by atoms with Gasteiger partial charge in [-0.1, -0.05) is 22.0 Å². The predicted molar refractivity (Wildman–Crippen MR) is 56.9 cm³/mol. The van der Waals surface area contributed by atoms with Crippen LogP contribution in [0.3, 0.4) is 0 Å². The Labute approximate surface area is 95.0 Å². The van der Waals surface area contributed by atoms with Crippen molar-refractivity contribution in [2.24, 2.45) is 0 Å². The van der Waals surface area contributed by atoms with Crippen LogP contribution in [0.25, 0.3) is 0 Å². The summed E-state index contributed by atoms with van der Waals surface area (Å²) in [6, 6.07) is 4.22. The van der Waals surface area contributed by atoms with E-state index in [0.29, 0.717) is 6.42 Å². The lowest BCUT2D eigenvalue weighted by molar-refractivity contribution is -0.0499. The molecule has 0 amide bonds. The van der Waals surface area contributed by atoms with Crippen molar-refractivity contribution in [2.45, 2.75) is 19.5 Å². The van der Waals surface area contributed by atoms with Crippen LogP contribution in [0.15, 0.2) is 18.2 Å². The number of aryl methyl sites for hydroxylation is 1. The van der Waals surface area contributed by atoms with E-state index in [0.717, 1.165) is 17.3 Å². The van der Waals surface area contributed by atoms with Crippen LogP contribution in [0.4, 0.5) is 8.78 Å². The Hall–Kier alpha value is -0.840. The van der Waals surface area contributed by atoms with Crippen LogP contribution in [0.5, 0.6) is 11.5 Å². The van der Waals surface area contributed by atoms with Crippen molar-refractivity contribution in [1.29, 1.82) is 0 Å². The molecule has 0 bridgehead atoms. The molecule has 0 saturated heterocycles. The van der Waals surface area contributed by atoms with Gasteiger partial charge in [0.2, 0.25) is 0 Å². The zero-order valence-electron chi connectivity index (χ0n) is 7.92. The third-order valence-corrected chi connectivity index (χ3v) is 2.42. The number of rotatable bonds is 5. The average Bonchev–Trinajstić information content (AvgIpc) is 2.15. The highest BCUT2D eigenvalue weighted by Gasteiger charge is 2.07. The molecule has 0 aromatic heterocycles. The Morgan fingerprint density at radius 2 is 2.13 bits per heavy atom. The van der Waals surface area contributed by atoms with Crippen LogP contribution in [-0.2, 0) is 6.42 Å². The van der Waals surface area contributed by atoms with Crippen LogP contribution < -0.4 is 4.74 Å². The van der Waals surface area contributed by atoms with E-state index in [1.54, 1.807) is 6.07 Å². The summed E-state index contributed by atoms with van der Waals surface area (Å²) in [5, 5.41) is 10.3. The van der Waals surface area contributed by atoms with Gasteiger partial charge in [-0.25, -0.2) is 0 Å². The van der Waals surface area contributed by atoms with E-state index in [-0.39, 0.29) is 11.5 Å². The van der Waals surface area contributed by atoms with Crippen molar-refractivity contribution in [2.75, 3.05) is 5.33 Å². The first kappa shape index (κ1) is 12.2. The van der Waals surface area contributed by atoms with Crippen LogP contribution in [0.1, 0.15) is 12.0 Å². The summed E-state index contributed by atoms with van der Waals surface area (Å²) >= 11 is 3.27. The Kier molecular flexibility index (Phi) is 4.81. The van der Waals surface area contributed by atoms with Gasteiger partial charge in [0.25, 0.3) is 0 Å². The molecule has 0 spiro atoms. The highest BCUT2D eigenvalue weighted by Crippen LogP contribution is 2.25. The van der Waals surface area contributed by atoms with Gasteiger partial charge in [-0.2, -0.15) is 8.78 Å². The molecule has 0 aliphatic heterocycles. The molecule has 2 nitrogen and oxygen atoms in total. The second-order valence-electron chi connectivity index (χ2n) is 2.96. The van der Waals surface area contributed by atoms with Gasteiger partial charge in [0.1, 0.15) is 11.5 Å². The first-order valence-electron chi connectivity index (χ1n) is 4.46. The van der Waals surface area contributed by atoms with E-state index >= 15 is 0 Å². The number of ether oxygens (including phenoxy) is 1. The molecule has 1 rings (SSSR count). The lowest BCUT2D eigenvalue weighted by Crippen LogP contribution is -2.01. The SMILES string of the molecule is Oc1cc(OC(F)F)ccc1CCCBr. The molecule has 0 aliphatic carbocycles. The first-order chi connectivity index (χ1) is 7.13. The van der Waals surface area contributed by atoms with Gasteiger partial charge in [-0.3, -0.25) is 0 Å². The molecule has 15 heavy (non-hydrogen) atoms. The van der Waals surface area contributed by atoms with Gasteiger partial charge >= 0.3 is 6.61 Å². The smallest absolute Gasteiger partial charge is 0.387 e. The van der Waals surface area contributed by atoms with Crippen molar-refractivity contribution >= 4 is 15.9 Å². The van der Waals surface area contributed by atoms with Gasteiger partial charge in [-0.05, 0) is 24.5 Å². The number of hydrogen-bond donors (Lipinski definition) is 1. The zero-order valence-corrected chi connectivity index (χ0v) is 9.51. The summed E-state index contributed by atoms with van der Waals surface area (Å²) in [5.41, 5.74) is 0.732. The molecule has 0 radical (unpaired) electrons. The third kappa shape index (κ3) is 4.03. The van der Waals surface area contributed by atoms with Crippen molar-refractivity contribution in [3.63, 3.8) is 0 Å². The molecule has 5 heteroatoms. The Morgan fingerprint density at radius 1 is 1.40 bits per heavy atom. The second-order valence-corrected chi connectivity index (χ2v) is 3.75. The Balaban J connectivity index is 2.69. The molecule has 84 valence electrons. The fourth-order valence-corrected chi connectivity index (χ4v) is 1.47. The van der Waals surface area contributed by atoms with Crippen molar-refractivity contribution in [3.05, 3.63) is 23.8 Å². The van der Waals surface area contributed by atoms with E-state index in [1.807, 2.05) is 0 Å². The summed E-state index contributed by atoms with van der Waals surface area (Å²) in [5.74, 6) is -0.0285. The topological polar surface area (TPSA) is 29.5 Å². The second kappa shape index (κ2) is 5.90. The lowest BCUT2D eigenvalue weighted by atomic mass is 10.1. The summed E-state index contributed by atoms with van der Waals surface area (Å²) in [6.45, 7) is -2.86. The minimum absolute atomic E-state index is 0.00546. The fraction of sp³-hybridized carbons (Fsp3) is 0.400. The summed E-state index contributed by atoms with van der Waals surface area (Å²) in [6.07, 6.45) is 1.58. The number of phenolic OH excluding ortho intramolecular Hbond substituents is 1. The Morgan fingerprint density at radius 3 is 2.67 bits per heavy atom. The number of alkyl halides is 3. The van der Waals surface area contributed by atoms with Crippen LogP contribution in [-0.4, -0.2) is 17.0 Å². The minimum atomic E-state index is -2.86. The van der Waals surface area contributed by atoms with Crippen molar-refractivity contribution in [1.82, 2.24) is 0 Å². The maximum absolute atomic E-state index is 11.8. The monoisotopic (exact) mass is 280 g/mol. The largest absolute Gasteiger partial charge is 0.508 e. The van der Waals surface area contributed by atoms with E-state index in [1.165, 1.54) is 12.1 Å². The normalized spacial score (nSPS) is 10.7. The standard InChI is InChI=1S/C10H11BrF2O2/c11-5-1-2-7-3-4-8(6-9(7)14)15-10(12)13/h3-4,6,10,14H,1-2,5H2. The van der Waals surface area contributed by atoms with Gasteiger partial charge < -0.3 is 9.84 Å². The number of benzene rings is 1. The quantitative estimate of drug-likeness (QED) is 0.839. The van der Waals surface area contributed by atoms with Crippen molar-refractivity contribution in [3.8, 4) is 11.5 Å². The maximum Gasteiger partial charge on any atom is 0.387 e. The van der Waals surface area contributed by atoms with Crippen LogP contribution in [0, 0.1) is 0 Å². The number of hydrogen-bond acceptors (Lipinski definition) is 2. The molecular formula is C10H11BrF2O2.